The molecule has 0 bridgehead atoms. The summed E-state index contributed by atoms with van der Waals surface area (Å²) < 4.78 is 5.12. The van der Waals surface area contributed by atoms with Crippen molar-refractivity contribution >= 4 is 29.1 Å². The van der Waals surface area contributed by atoms with Crippen molar-refractivity contribution in [1.82, 2.24) is 5.32 Å². The van der Waals surface area contributed by atoms with E-state index < -0.39 is 0 Å². The standard InChI is InChI=1S/C12H15ClN2O3/c1-4-14-12(17)8-5-9(13)10(15-7(2)16)6-11(8)18-3/h5-6H,4H2,1-3H3,(H,14,17)(H,15,16). The van der Waals surface area contributed by atoms with Crippen molar-refractivity contribution in [2.45, 2.75) is 13.8 Å². The second-order valence-electron chi connectivity index (χ2n) is 3.57. The SMILES string of the molecule is CCNC(=O)c1cc(Cl)c(NC(C)=O)cc1OC. The van der Waals surface area contributed by atoms with E-state index in [1.54, 1.807) is 0 Å². The van der Waals surface area contributed by atoms with E-state index in [2.05, 4.69) is 10.6 Å². The van der Waals surface area contributed by atoms with Crippen LogP contribution < -0.4 is 15.4 Å². The van der Waals surface area contributed by atoms with Crippen molar-refractivity contribution < 1.29 is 14.3 Å². The first kappa shape index (κ1) is 14.3. The van der Waals surface area contributed by atoms with Gasteiger partial charge in [-0.15, -0.1) is 0 Å². The zero-order valence-electron chi connectivity index (χ0n) is 10.5. The Labute approximate surface area is 110 Å². The smallest absolute Gasteiger partial charge is 0.255 e. The number of ether oxygens (including phenoxy) is 1. The molecule has 0 atom stereocenters. The van der Waals surface area contributed by atoms with Crippen LogP contribution in [0.1, 0.15) is 24.2 Å². The van der Waals surface area contributed by atoms with Gasteiger partial charge in [-0.05, 0) is 13.0 Å². The molecule has 0 aromatic heterocycles. The third kappa shape index (κ3) is 3.37. The van der Waals surface area contributed by atoms with E-state index in [-0.39, 0.29) is 16.8 Å². The molecule has 6 heteroatoms. The molecule has 0 fully saturated rings. The maximum absolute atomic E-state index is 11.8. The second-order valence-corrected chi connectivity index (χ2v) is 3.98. The summed E-state index contributed by atoms with van der Waals surface area (Å²) in [7, 11) is 1.45. The van der Waals surface area contributed by atoms with Gasteiger partial charge in [-0.25, -0.2) is 0 Å². The summed E-state index contributed by atoms with van der Waals surface area (Å²) in [5, 5.41) is 5.51. The maximum Gasteiger partial charge on any atom is 0.255 e. The molecular weight excluding hydrogens is 256 g/mol. The summed E-state index contributed by atoms with van der Waals surface area (Å²) in [6, 6.07) is 2.99. The van der Waals surface area contributed by atoms with Crippen LogP contribution in [0.2, 0.25) is 5.02 Å². The van der Waals surface area contributed by atoms with E-state index >= 15 is 0 Å². The molecule has 2 amide bonds. The van der Waals surface area contributed by atoms with Crippen LogP contribution in [0, 0.1) is 0 Å². The highest BCUT2D eigenvalue weighted by atomic mass is 35.5. The number of carbonyl (C=O) groups excluding carboxylic acids is 2. The number of amides is 2. The van der Waals surface area contributed by atoms with Gasteiger partial charge in [0.25, 0.3) is 5.91 Å². The van der Waals surface area contributed by atoms with Crippen LogP contribution in [0.25, 0.3) is 0 Å². The second kappa shape index (κ2) is 6.26. The number of nitrogens with one attached hydrogen (secondary N) is 2. The van der Waals surface area contributed by atoms with Crippen LogP contribution in [0.3, 0.4) is 0 Å². The van der Waals surface area contributed by atoms with Gasteiger partial charge < -0.3 is 15.4 Å². The number of carbonyl (C=O) groups is 2. The number of benzene rings is 1. The van der Waals surface area contributed by atoms with Gasteiger partial charge in [0, 0.05) is 19.5 Å². The lowest BCUT2D eigenvalue weighted by atomic mass is 10.1. The number of halogens is 1. The summed E-state index contributed by atoms with van der Waals surface area (Å²) in [6.45, 7) is 3.70. The highest BCUT2D eigenvalue weighted by molar-refractivity contribution is 6.34. The van der Waals surface area contributed by atoms with Crippen LogP contribution in [0.15, 0.2) is 12.1 Å². The molecule has 98 valence electrons. The Morgan fingerprint density at radius 1 is 1.39 bits per heavy atom. The van der Waals surface area contributed by atoms with Crippen LogP contribution in [0.5, 0.6) is 5.75 Å². The molecule has 2 N–H and O–H groups in total. The van der Waals surface area contributed by atoms with Gasteiger partial charge in [0.15, 0.2) is 0 Å². The van der Waals surface area contributed by atoms with Gasteiger partial charge in [0.05, 0.1) is 23.4 Å². The normalized spacial score (nSPS) is 9.78. The number of hydrogen-bond donors (Lipinski definition) is 2. The van der Waals surface area contributed by atoms with Crippen molar-refractivity contribution in [3.63, 3.8) is 0 Å². The summed E-state index contributed by atoms with van der Waals surface area (Å²) >= 11 is 6.00. The van der Waals surface area contributed by atoms with Gasteiger partial charge in [-0.1, -0.05) is 11.6 Å². The Balaban J connectivity index is 3.18. The third-order valence-corrected chi connectivity index (χ3v) is 2.49. The number of methoxy groups -OCH3 is 1. The monoisotopic (exact) mass is 270 g/mol. The molecule has 0 unspecified atom stereocenters. The number of anilines is 1. The van der Waals surface area contributed by atoms with E-state index in [1.807, 2.05) is 6.92 Å². The highest BCUT2D eigenvalue weighted by Gasteiger charge is 2.15. The average Bonchev–Trinajstić information content (AvgIpc) is 2.31. The first-order valence-electron chi connectivity index (χ1n) is 5.42. The third-order valence-electron chi connectivity index (χ3n) is 2.18. The van der Waals surface area contributed by atoms with E-state index in [1.165, 1.54) is 26.2 Å². The van der Waals surface area contributed by atoms with Crippen molar-refractivity contribution in [3.05, 3.63) is 22.7 Å². The number of hydrogen-bond acceptors (Lipinski definition) is 3. The summed E-state index contributed by atoms with van der Waals surface area (Å²) in [5.41, 5.74) is 0.743. The lowest BCUT2D eigenvalue weighted by molar-refractivity contribution is -0.114. The fourth-order valence-corrected chi connectivity index (χ4v) is 1.65. The molecule has 0 aliphatic heterocycles. The molecule has 0 saturated carbocycles. The zero-order chi connectivity index (χ0) is 13.7. The summed E-state index contributed by atoms with van der Waals surface area (Å²) in [4.78, 5) is 22.8. The Morgan fingerprint density at radius 2 is 2.06 bits per heavy atom. The van der Waals surface area contributed by atoms with Crippen molar-refractivity contribution in [2.24, 2.45) is 0 Å². The van der Waals surface area contributed by atoms with Crippen molar-refractivity contribution in [2.75, 3.05) is 19.0 Å². The highest BCUT2D eigenvalue weighted by Crippen LogP contribution is 2.30. The van der Waals surface area contributed by atoms with Crippen molar-refractivity contribution in [1.29, 1.82) is 0 Å². The van der Waals surface area contributed by atoms with Gasteiger partial charge in [0.2, 0.25) is 5.91 Å². The molecule has 0 aliphatic rings. The summed E-state index contributed by atoms with van der Waals surface area (Å²) in [5.74, 6) is -0.163. The topological polar surface area (TPSA) is 67.4 Å². The Hall–Kier alpha value is -1.75. The minimum absolute atomic E-state index is 0.246. The molecule has 1 aromatic carbocycles. The molecular formula is C12H15ClN2O3. The first-order valence-corrected chi connectivity index (χ1v) is 5.80. The van der Waals surface area contributed by atoms with Gasteiger partial charge in [-0.2, -0.15) is 0 Å². The first-order chi connectivity index (χ1) is 8.49. The predicted molar refractivity (Wildman–Crippen MR) is 70.3 cm³/mol. The molecule has 1 rings (SSSR count). The molecule has 0 radical (unpaired) electrons. The fraction of sp³-hybridized carbons (Fsp3) is 0.333. The summed E-state index contributed by atoms with van der Waals surface area (Å²) in [6.07, 6.45) is 0. The van der Waals surface area contributed by atoms with E-state index in [0.29, 0.717) is 23.5 Å². The van der Waals surface area contributed by atoms with E-state index in [9.17, 15) is 9.59 Å². The molecule has 0 aliphatic carbocycles. The van der Waals surface area contributed by atoms with Gasteiger partial charge in [-0.3, -0.25) is 9.59 Å². The van der Waals surface area contributed by atoms with Crippen molar-refractivity contribution in [3.8, 4) is 5.75 Å². The van der Waals surface area contributed by atoms with E-state index in [4.69, 9.17) is 16.3 Å². The minimum atomic E-state index is -0.273. The molecule has 18 heavy (non-hydrogen) atoms. The van der Waals surface area contributed by atoms with Crippen LogP contribution >= 0.6 is 11.6 Å². The zero-order valence-corrected chi connectivity index (χ0v) is 11.2. The largest absolute Gasteiger partial charge is 0.496 e. The van der Waals surface area contributed by atoms with Gasteiger partial charge >= 0.3 is 0 Å². The van der Waals surface area contributed by atoms with Crippen LogP contribution in [0.4, 0.5) is 5.69 Å². The predicted octanol–water partition coefficient (Wildman–Crippen LogP) is 2.06. The molecule has 5 nitrogen and oxygen atoms in total. The lowest BCUT2D eigenvalue weighted by Crippen LogP contribution is -2.23. The van der Waals surface area contributed by atoms with Crippen LogP contribution in [-0.4, -0.2) is 25.5 Å². The van der Waals surface area contributed by atoms with Gasteiger partial charge in [0.1, 0.15) is 5.75 Å². The molecule has 0 heterocycles. The van der Waals surface area contributed by atoms with E-state index in [0.717, 1.165) is 0 Å². The Morgan fingerprint density at radius 3 is 2.56 bits per heavy atom. The Bertz CT molecular complexity index is 475. The molecule has 1 aromatic rings. The average molecular weight is 271 g/mol. The van der Waals surface area contributed by atoms with Crippen LogP contribution in [-0.2, 0) is 4.79 Å². The quantitative estimate of drug-likeness (QED) is 0.880. The molecule has 0 saturated heterocycles. The lowest BCUT2D eigenvalue weighted by Gasteiger charge is -2.12. The molecule has 0 spiro atoms. The number of rotatable bonds is 4. The minimum Gasteiger partial charge on any atom is -0.496 e. The Kier molecular flexibility index (Phi) is 4.97. The maximum atomic E-state index is 11.8. The fourth-order valence-electron chi connectivity index (χ4n) is 1.44.